The van der Waals surface area contributed by atoms with Gasteiger partial charge in [0.05, 0.1) is 11.5 Å². The fourth-order valence-electron chi connectivity index (χ4n) is 5.57. The van der Waals surface area contributed by atoms with E-state index in [2.05, 4.69) is 20.2 Å². The second kappa shape index (κ2) is 8.05. The Balaban J connectivity index is 1.24. The summed E-state index contributed by atoms with van der Waals surface area (Å²) < 4.78 is 7.87. The summed E-state index contributed by atoms with van der Waals surface area (Å²) >= 11 is 0. The van der Waals surface area contributed by atoms with Crippen molar-refractivity contribution in [2.45, 2.75) is 56.6 Å². The van der Waals surface area contributed by atoms with E-state index in [9.17, 15) is 10.2 Å². The van der Waals surface area contributed by atoms with Crippen LogP contribution in [0.5, 0.6) is 0 Å². The van der Waals surface area contributed by atoms with Crippen LogP contribution in [-0.4, -0.2) is 80.7 Å². The first-order valence-corrected chi connectivity index (χ1v) is 11.1. The van der Waals surface area contributed by atoms with Crippen LogP contribution >= 0.6 is 0 Å². The molecule has 5 rings (SSSR count). The number of piperidine rings is 2. The molecule has 0 radical (unpaired) electrons. The van der Waals surface area contributed by atoms with Gasteiger partial charge in [0.25, 0.3) is 0 Å². The number of aromatic nitrogens is 3. The van der Waals surface area contributed by atoms with Crippen LogP contribution < -0.4 is 11.1 Å². The zero-order valence-electron chi connectivity index (χ0n) is 17.3. The fraction of sp³-hybridized carbons (Fsp3) is 0.714. The van der Waals surface area contributed by atoms with Crippen LogP contribution in [0.2, 0.25) is 0 Å². The number of nitrogens with one attached hydrogen (secondary N) is 1. The smallest absolute Gasteiger partial charge is 0.164 e. The summed E-state index contributed by atoms with van der Waals surface area (Å²) in [4.78, 5) is 10.8. The number of hydrogen-bond acceptors (Lipinski definition) is 8. The molecule has 0 aliphatic carbocycles. The molecule has 0 bridgehead atoms. The zero-order chi connectivity index (χ0) is 20.7. The molecule has 3 aliphatic rings. The molecule has 3 fully saturated rings. The number of nitrogen functional groups attached to an aromatic ring is 1. The summed E-state index contributed by atoms with van der Waals surface area (Å²) in [6, 6.07) is 1.81. The summed E-state index contributed by atoms with van der Waals surface area (Å²) in [5, 5.41) is 25.5. The normalized spacial score (nSPS) is 32.2. The molecule has 5 heterocycles. The largest absolute Gasteiger partial charge is 0.388 e. The van der Waals surface area contributed by atoms with Crippen molar-refractivity contribution in [2.24, 2.45) is 5.41 Å². The van der Waals surface area contributed by atoms with Gasteiger partial charge in [0.1, 0.15) is 30.0 Å². The average molecular weight is 417 g/mol. The second-order valence-corrected chi connectivity index (χ2v) is 9.18. The van der Waals surface area contributed by atoms with E-state index < -0.39 is 24.5 Å². The van der Waals surface area contributed by atoms with Crippen molar-refractivity contribution in [1.82, 2.24) is 24.8 Å². The number of nitrogens with two attached hydrogens (primary N) is 1. The van der Waals surface area contributed by atoms with Crippen LogP contribution in [0.15, 0.2) is 18.6 Å². The summed E-state index contributed by atoms with van der Waals surface area (Å²) in [5.41, 5.74) is 6.97. The molecule has 30 heavy (non-hydrogen) atoms. The predicted octanol–water partition coefficient (Wildman–Crippen LogP) is 0.488. The highest BCUT2D eigenvalue weighted by molar-refractivity contribution is 5.86. The Kier molecular flexibility index (Phi) is 5.40. The summed E-state index contributed by atoms with van der Waals surface area (Å²) in [7, 11) is 0. The van der Waals surface area contributed by atoms with Gasteiger partial charge in [-0.05, 0) is 63.2 Å². The van der Waals surface area contributed by atoms with Gasteiger partial charge in [-0.25, -0.2) is 9.97 Å². The standard InChI is InChI=1S/C21H32N6O3/c22-18-14-2-11-27(19(14)25-13-24-18)20-17(29)16(28)15(30-20)3-10-26-9-1-4-21(12-26)5-7-23-8-6-21/h2,11,13,15-17,20,23,28-29H,1,3-10,12H2,(H2,22,24,25)/t15-,16-,17-,20-/m1/s1. The van der Waals surface area contributed by atoms with Gasteiger partial charge in [-0.3, -0.25) is 0 Å². The van der Waals surface area contributed by atoms with E-state index in [1.54, 1.807) is 10.8 Å². The lowest BCUT2D eigenvalue weighted by molar-refractivity contribution is -0.0413. The molecule has 3 saturated heterocycles. The lowest BCUT2D eigenvalue weighted by Gasteiger charge is -2.45. The van der Waals surface area contributed by atoms with E-state index in [-0.39, 0.29) is 0 Å². The Morgan fingerprint density at radius 1 is 1.20 bits per heavy atom. The monoisotopic (exact) mass is 416 g/mol. The SMILES string of the molecule is Nc1ncnc2c1ccn2[C@@H]1O[C@H](CCN2CCCC3(CCNCC3)C2)[C@@H](O)[C@H]1O. The van der Waals surface area contributed by atoms with Gasteiger partial charge in [0.2, 0.25) is 0 Å². The van der Waals surface area contributed by atoms with Crippen molar-refractivity contribution in [3.63, 3.8) is 0 Å². The summed E-state index contributed by atoms with van der Waals surface area (Å²) in [6.45, 7) is 5.33. The van der Waals surface area contributed by atoms with Crippen molar-refractivity contribution in [2.75, 3.05) is 38.5 Å². The number of fused-ring (bicyclic) bond motifs is 1. The first-order valence-electron chi connectivity index (χ1n) is 11.1. The molecule has 9 heteroatoms. The van der Waals surface area contributed by atoms with Crippen LogP contribution in [0.4, 0.5) is 5.82 Å². The third-order valence-corrected chi connectivity index (χ3v) is 7.29. The Hall–Kier alpha value is -1.78. The first-order chi connectivity index (χ1) is 14.6. The quantitative estimate of drug-likeness (QED) is 0.568. The van der Waals surface area contributed by atoms with Crippen molar-refractivity contribution >= 4 is 16.9 Å². The molecule has 5 N–H and O–H groups in total. The second-order valence-electron chi connectivity index (χ2n) is 9.18. The number of likely N-dealkylation sites (tertiary alicyclic amines) is 1. The fourth-order valence-corrected chi connectivity index (χ4v) is 5.57. The summed E-state index contributed by atoms with van der Waals surface area (Å²) in [6.07, 6.45) is 5.89. The van der Waals surface area contributed by atoms with Gasteiger partial charge < -0.3 is 35.5 Å². The lowest BCUT2D eigenvalue weighted by Crippen LogP contribution is -2.49. The summed E-state index contributed by atoms with van der Waals surface area (Å²) in [5.74, 6) is 0.389. The minimum absolute atomic E-state index is 0.389. The van der Waals surface area contributed by atoms with E-state index in [1.165, 1.54) is 32.0 Å². The minimum atomic E-state index is -1.01. The van der Waals surface area contributed by atoms with Gasteiger partial charge in [-0.2, -0.15) is 0 Å². The molecular weight excluding hydrogens is 384 g/mol. The van der Waals surface area contributed by atoms with Gasteiger partial charge in [-0.15, -0.1) is 0 Å². The Bertz CT molecular complexity index is 877. The van der Waals surface area contributed by atoms with Crippen molar-refractivity contribution in [1.29, 1.82) is 0 Å². The molecule has 2 aromatic rings. The number of nitrogens with zero attached hydrogens (tertiary/aromatic N) is 4. The van der Waals surface area contributed by atoms with Crippen LogP contribution in [0.1, 0.15) is 38.3 Å². The molecule has 0 saturated carbocycles. The zero-order valence-corrected chi connectivity index (χ0v) is 17.3. The molecule has 4 atom stereocenters. The Morgan fingerprint density at radius 3 is 2.87 bits per heavy atom. The number of anilines is 1. The van der Waals surface area contributed by atoms with E-state index in [0.717, 1.165) is 32.7 Å². The number of rotatable bonds is 4. The predicted molar refractivity (Wildman–Crippen MR) is 113 cm³/mol. The first kappa shape index (κ1) is 20.1. The third kappa shape index (κ3) is 3.58. The minimum Gasteiger partial charge on any atom is -0.388 e. The van der Waals surface area contributed by atoms with Crippen LogP contribution in [0, 0.1) is 5.41 Å². The topological polar surface area (TPSA) is 122 Å². The molecule has 1 spiro atoms. The van der Waals surface area contributed by atoms with E-state index in [0.29, 0.717) is 28.7 Å². The Morgan fingerprint density at radius 2 is 2.03 bits per heavy atom. The highest BCUT2D eigenvalue weighted by Gasteiger charge is 2.44. The molecule has 9 nitrogen and oxygen atoms in total. The number of aliphatic hydroxyl groups excluding tert-OH is 2. The maximum Gasteiger partial charge on any atom is 0.164 e. The maximum absolute atomic E-state index is 10.7. The highest BCUT2D eigenvalue weighted by atomic mass is 16.6. The number of ether oxygens (including phenoxy) is 1. The number of aliphatic hydroxyl groups is 2. The lowest BCUT2D eigenvalue weighted by atomic mass is 9.73. The molecule has 0 amide bonds. The molecular formula is C21H32N6O3. The van der Waals surface area contributed by atoms with E-state index >= 15 is 0 Å². The van der Waals surface area contributed by atoms with E-state index in [4.69, 9.17) is 10.5 Å². The van der Waals surface area contributed by atoms with Crippen LogP contribution in [0.25, 0.3) is 11.0 Å². The van der Waals surface area contributed by atoms with Gasteiger partial charge in [-0.1, -0.05) is 0 Å². The van der Waals surface area contributed by atoms with Crippen LogP contribution in [0.3, 0.4) is 0 Å². The maximum atomic E-state index is 10.7. The Labute approximate surface area is 176 Å². The highest BCUT2D eigenvalue weighted by Crippen LogP contribution is 2.39. The van der Waals surface area contributed by atoms with Gasteiger partial charge in [0, 0.05) is 19.3 Å². The molecule has 3 aliphatic heterocycles. The molecule has 0 aromatic carbocycles. The third-order valence-electron chi connectivity index (χ3n) is 7.29. The van der Waals surface area contributed by atoms with Crippen LogP contribution in [-0.2, 0) is 4.74 Å². The number of hydrogen-bond donors (Lipinski definition) is 4. The van der Waals surface area contributed by atoms with Gasteiger partial charge >= 0.3 is 0 Å². The van der Waals surface area contributed by atoms with Crippen molar-refractivity contribution in [3.8, 4) is 0 Å². The van der Waals surface area contributed by atoms with Crippen molar-refractivity contribution in [3.05, 3.63) is 18.6 Å². The molecule has 2 aromatic heterocycles. The van der Waals surface area contributed by atoms with Crippen molar-refractivity contribution < 1.29 is 14.9 Å². The molecule has 0 unspecified atom stereocenters. The van der Waals surface area contributed by atoms with Gasteiger partial charge in [0.15, 0.2) is 6.23 Å². The molecule has 164 valence electrons. The van der Waals surface area contributed by atoms with E-state index in [1.807, 2.05) is 6.07 Å². The average Bonchev–Trinajstić information content (AvgIpc) is 3.30.